The number of benzene rings is 10. The van der Waals surface area contributed by atoms with Gasteiger partial charge in [0.1, 0.15) is 0 Å². The van der Waals surface area contributed by atoms with Crippen molar-refractivity contribution in [1.29, 1.82) is 0 Å². The molecule has 10 aromatic carbocycles. The van der Waals surface area contributed by atoms with E-state index in [-0.39, 0.29) is 10.8 Å². The minimum atomic E-state index is 0.0958. The van der Waals surface area contributed by atoms with Crippen LogP contribution in [-0.4, -0.2) is 0 Å². The second kappa shape index (κ2) is 14.8. The largest absolute Gasteiger partial charge is 0.310 e. The number of hydrogen-bond acceptors (Lipinski definition) is 2. The summed E-state index contributed by atoms with van der Waals surface area (Å²) < 4.78 is 0. The Morgan fingerprint density at radius 2 is 0.743 bits per heavy atom. The van der Waals surface area contributed by atoms with E-state index in [4.69, 9.17) is 0 Å². The predicted molar refractivity (Wildman–Crippen MR) is 306 cm³/mol. The SMILES string of the molecule is c1ccc(N(c2ccc3c(c2)C2(c4ccccc4-3)C3CC4CC(C3)CC2C4)c2ccc3ccc4c(N(c5ccccc5)c5cccc6c5-c5ccccc5C65C6CC7CC(C6)CC5C7)ccc5ccc2c3c54)cc1. The third-order valence-corrected chi connectivity index (χ3v) is 21.7. The Labute approximate surface area is 435 Å². The van der Waals surface area contributed by atoms with Crippen LogP contribution in [0.4, 0.5) is 34.1 Å². The van der Waals surface area contributed by atoms with Crippen molar-refractivity contribution in [3.05, 3.63) is 216 Å². The molecule has 358 valence electrons. The molecule has 8 bridgehead atoms. The van der Waals surface area contributed by atoms with Gasteiger partial charge in [-0.1, -0.05) is 140 Å². The molecule has 0 amide bonds. The third-order valence-electron chi connectivity index (χ3n) is 21.7. The summed E-state index contributed by atoms with van der Waals surface area (Å²) in [5.41, 5.74) is 19.9. The minimum Gasteiger partial charge on any atom is -0.310 e. The van der Waals surface area contributed by atoms with Crippen LogP contribution in [0.15, 0.2) is 194 Å². The third kappa shape index (κ3) is 5.18. The fourth-order valence-corrected chi connectivity index (χ4v) is 19.8. The quantitative estimate of drug-likeness (QED) is 0.153. The monoisotopic (exact) mass is 952 g/mol. The lowest BCUT2D eigenvalue weighted by atomic mass is 9.43. The van der Waals surface area contributed by atoms with E-state index in [9.17, 15) is 0 Å². The summed E-state index contributed by atoms with van der Waals surface area (Å²) in [6.45, 7) is 0. The van der Waals surface area contributed by atoms with Gasteiger partial charge in [-0.05, 0) is 227 Å². The van der Waals surface area contributed by atoms with Crippen LogP contribution >= 0.6 is 0 Å². The van der Waals surface area contributed by atoms with Crippen LogP contribution in [0, 0.1) is 47.3 Å². The van der Waals surface area contributed by atoms with Crippen molar-refractivity contribution >= 4 is 66.4 Å². The molecular formula is C72H60N2. The summed E-state index contributed by atoms with van der Waals surface area (Å²) in [7, 11) is 0. The van der Waals surface area contributed by atoms with E-state index in [1.807, 2.05) is 0 Å². The van der Waals surface area contributed by atoms with E-state index in [0.29, 0.717) is 23.7 Å². The van der Waals surface area contributed by atoms with Gasteiger partial charge in [-0.2, -0.15) is 0 Å². The molecule has 2 spiro atoms. The molecule has 2 heteroatoms. The highest BCUT2D eigenvalue weighted by molar-refractivity contribution is 6.28. The fraction of sp³-hybridized carbons (Fsp3) is 0.278. The molecule has 8 saturated carbocycles. The number of hydrogen-bond donors (Lipinski definition) is 0. The summed E-state index contributed by atoms with van der Waals surface area (Å²) in [5.74, 6) is 6.49. The number of anilines is 6. The molecule has 74 heavy (non-hydrogen) atoms. The maximum absolute atomic E-state index is 2.67. The van der Waals surface area contributed by atoms with Crippen LogP contribution < -0.4 is 9.80 Å². The zero-order valence-corrected chi connectivity index (χ0v) is 42.1. The van der Waals surface area contributed by atoms with Gasteiger partial charge in [0.25, 0.3) is 0 Å². The number of fused-ring (bicyclic) bond motifs is 6. The zero-order chi connectivity index (χ0) is 48.0. The number of para-hydroxylation sites is 2. The summed E-state index contributed by atoms with van der Waals surface area (Å²) in [6, 6.07) is 76.0. The topological polar surface area (TPSA) is 6.48 Å². The fourth-order valence-electron chi connectivity index (χ4n) is 19.8. The zero-order valence-electron chi connectivity index (χ0n) is 42.1. The van der Waals surface area contributed by atoms with Crippen LogP contribution in [0.3, 0.4) is 0 Å². The Balaban J connectivity index is 0.841. The van der Waals surface area contributed by atoms with Gasteiger partial charge in [-0.15, -0.1) is 0 Å². The molecular weight excluding hydrogens is 893 g/mol. The summed E-state index contributed by atoms with van der Waals surface area (Å²) >= 11 is 0. The normalized spacial score (nSPS) is 28.9. The van der Waals surface area contributed by atoms with Crippen molar-refractivity contribution in [2.45, 2.75) is 75.0 Å². The van der Waals surface area contributed by atoms with E-state index < -0.39 is 0 Å². The van der Waals surface area contributed by atoms with Gasteiger partial charge in [-0.25, -0.2) is 0 Å². The van der Waals surface area contributed by atoms with Crippen LogP contribution in [0.2, 0.25) is 0 Å². The maximum atomic E-state index is 2.67. The van der Waals surface area contributed by atoms with Gasteiger partial charge < -0.3 is 9.80 Å². The molecule has 0 heterocycles. The van der Waals surface area contributed by atoms with Crippen molar-refractivity contribution in [3.8, 4) is 22.3 Å². The van der Waals surface area contributed by atoms with Gasteiger partial charge in [0.2, 0.25) is 0 Å². The van der Waals surface area contributed by atoms with Crippen molar-refractivity contribution in [3.63, 3.8) is 0 Å². The van der Waals surface area contributed by atoms with Crippen molar-refractivity contribution in [1.82, 2.24) is 0 Å². The minimum absolute atomic E-state index is 0.0958. The Hall–Kier alpha value is -7.16. The highest BCUT2D eigenvalue weighted by Crippen LogP contribution is 2.72. The second-order valence-corrected chi connectivity index (χ2v) is 24.8. The van der Waals surface area contributed by atoms with Crippen molar-refractivity contribution < 1.29 is 0 Å². The second-order valence-electron chi connectivity index (χ2n) is 24.8. The van der Waals surface area contributed by atoms with Crippen LogP contribution in [0.1, 0.15) is 86.5 Å². The molecule has 0 aliphatic heterocycles. The van der Waals surface area contributed by atoms with Crippen LogP contribution in [0.5, 0.6) is 0 Å². The molecule has 0 N–H and O–H groups in total. The lowest BCUT2D eigenvalue weighted by molar-refractivity contribution is -0.0399. The number of rotatable bonds is 6. The Morgan fingerprint density at radius 1 is 0.297 bits per heavy atom. The van der Waals surface area contributed by atoms with E-state index in [0.717, 1.165) is 23.7 Å². The summed E-state index contributed by atoms with van der Waals surface area (Å²) in [4.78, 5) is 5.23. The molecule has 0 atom stereocenters. The molecule has 0 aromatic heterocycles. The highest BCUT2D eigenvalue weighted by Gasteiger charge is 2.63. The first kappa shape index (κ1) is 41.2. The van der Waals surface area contributed by atoms with Crippen LogP contribution in [-0.2, 0) is 10.8 Å². The van der Waals surface area contributed by atoms with Crippen molar-refractivity contribution in [2.75, 3.05) is 9.80 Å². The Bertz CT molecular complexity index is 3900. The molecule has 0 saturated heterocycles. The first-order chi connectivity index (χ1) is 36.6. The van der Waals surface area contributed by atoms with E-state index >= 15 is 0 Å². The molecule has 0 unspecified atom stereocenters. The Morgan fingerprint density at radius 3 is 1.32 bits per heavy atom. The van der Waals surface area contributed by atoms with Gasteiger partial charge >= 0.3 is 0 Å². The van der Waals surface area contributed by atoms with Gasteiger partial charge in [0.05, 0.1) is 17.1 Å². The van der Waals surface area contributed by atoms with E-state index in [2.05, 4.69) is 204 Å². The molecule has 20 rings (SSSR count). The molecule has 10 aliphatic rings. The highest BCUT2D eigenvalue weighted by atomic mass is 15.2. The Kier molecular flexibility index (Phi) is 8.23. The van der Waals surface area contributed by atoms with Gasteiger partial charge in [-0.3, -0.25) is 0 Å². The maximum Gasteiger partial charge on any atom is 0.0543 e. The first-order valence-electron chi connectivity index (χ1n) is 28.5. The number of nitrogens with zero attached hydrogens (tertiary/aromatic N) is 2. The van der Waals surface area contributed by atoms with E-state index in [1.165, 1.54) is 153 Å². The summed E-state index contributed by atoms with van der Waals surface area (Å²) in [5, 5.41) is 7.84. The lowest BCUT2D eigenvalue weighted by Gasteiger charge is -2.61. The standard InChI is InChI=1S/C72H60N2/c1-3-12-53(13-4-1)73(55-26-29-57-56-16-7-9-18-61(56)72(64(57)42-55)51-38-45-33-46(40-51)41-52(72)39-45)65-30-24-47-23-28-60-66(31-25-48-22-27-59(65)68(47)69(48)60)74(54-14-5-2-6-15-54)67-21-11-20-63-70(67)58-17-8-10-19-62(58)71(63)49-34-43-32-44(36-49)37-50(71)35-43/h1-31,42-46,49-52H,32-41H2. The van der Waals surface area contributed by atoms with Gasteiger partial charge in [0, 0.05) is 44.2 Å². The molecule has 10 aromatic rings. The average molecular weight is 953 g/mol. The van der Waals surface area contributed by atoms with Crippen molar-refractivity contribution in [2.24, 2.45) is 47.3 Å². The van der Waals surface area contributed by atoms with E-state index in [1.54, 1.807) is 22.3 Å². The first-order valence-corrected chi connectivity index (χ1v) is 28.5. The lowest BCUT2D eigenvalue weighted by Crippen LogP contribution is -2.55. The molecule has 10 aliphatic carbocycles. The molecule has 0 radical (unpaired) electrons. The predicted octanol–water partition coefficient (Wildman–Crippen LogP) is 19.0. The smallest absolute Gasteiger partial charge is 0.0543 e. The average Bonchev–Trinajstić information content (AvgIpc) is 3.95. The summed E-state index contributed by atoms with van der Waals surface area (Å²) in [6.07, 6.45) is 14.0. The molecule has 8 fully saturated rings. The van der Waals surface area contributed by atoms with Gasteiger partial charge in [0.15, 0.2) is 0 Å². The molecule has 2 nitrogen and oxygen atoms in total. The van der Waals surface area contributed by atoms with Crippen LogP contribution in [0.25, 0.3) is 54.6 Å².